The first kappa shape index (κ1) is 21.4. The van der Waals surface area contributed by atoms with E-state index in [-0.39, 0.29) is 18.6 Å². The second-order valence-corrected chi connectivity index (χ2v) is 8.47. The van der Waals surface area contributed by atoms with Crippen molar-refractivity contribution in [2.75, 3.05) is 26.3 Å². The number of hydrogen-bond acceptors (Lipinski definition) is 6. The Bertz CT molecular complexity index is 1210. The van der Waals surface area contributed by atoms with Crippen molar-refractivity contribution in [3.05, 3.63) is 65.2 Å². The number of fused-ring (bicyclic) bond motifs is 2. The molecule has 170 valence electrons. The SMILES string of the molecule is CC1CN(C(=O)COC(=O)c2c3c(nc4ccccc24)/C(=C/c2ccco2)CCC3)CCO1. The van der Waals surface area contributed by atoms with Crippen LogP contribution in [0.15, 0.2) is 47.1 Å². The van der Waals surface area contributed by atoms with E-state index in [0.717, 1.165) is 52.8 Å². The first-order valence-electron chi connectivity index (χ1n) is 11.3. The zero-order chi connectivity index (χ0) is 22.8. The molecular weight excluding hydrogens is 420 g/mol. The van der Waals surface area contributed by atoms with Crippen LogP contribution < -0.4 is 0 Å². The number of pyridine rings is 1. The van der Waals surface area contributed by atoms with Crippen LogP contribution >= 0.6 is 0 Å². The van der Waals surface area contributed by atoms with E-state index in [9.17, 15) is 9.59 Å². The number of ether oxygens (including phenoxy) is 2. The Morgan fingerprint density at radius 2 is 2.09 bits per heavy atom. The first-order valence-corrected chi connectivity index (χ1v) is 11.3. The molecule has 33 heavy (non-hydrogen) atoms. The number of hydrogen-bond donors (Lipinski definition) is 0. The van der Waals surface area contributed by atoms with Crippen molar-refractivity contribution < 1.29 is 23.5 Å². The maximum absolute atomic E-state index is 13.3. The molecule has 1 aliphatic carbocycles. The molecule has 3 heterocycles. The normalized spacial score (nSPS) is 19.5. The minimum atomic E-state index is -0.487. The fourth-order valence-electron chi connectivity index (χ4n) is 4.59. The van der Waals surface area contributed by atoms with E-state index in [4.69, 9.17) is 18.9 Å². The molecule has 0 saturated carbocycles. The molecule has 0 N–H and O–H groups in total. The van der Waals surface area contributed by atoms with E-state index in [1.54, 1.807) is 11.2 Å². The second-order valence-electron chi connectivity index (χ2n) is 8.47. The van der Waals surface area contributed by atoms with Gasteiger partial charge in [0, 0.05) is 18.5 Å². The molecule has 3 aromatic rings. The van der Waals surface area contributed by atoms with Crippen molar-refractivity contribution in [2.24, 2.45) is 0 Å². The van der Waals surface area contributed by atoms with Crippen LogP contribution in [0.1, 0.15) is 47.1 Å². The molecule has 2 aliphatic rings. The number of aromatic nitrogens is 1. The van der Waals surface area contributed by atoms with Gasteiger partial charge in [0.05, 0.1) is 35.7 Å². The van der Waals surface area contributed by atoms with E-state index in [1.165, 1.54) is 0 Å². The Morgan fingerprint density at radius 3 is 2.91 bits per heavy atom. The lowest BCUT2D eigenvalue weighted by Crippen LogP contribution is -2.46. The molecule has 0 radical (unpaired) electrons. The summed E-state index contributed by atoms with van der Waals surface area (Å²) in [6, 6.07) is 11.3. The van der Waals surface area contributed by atoms with E-state index < -0.39 is 5.97 Å². The quantitative estimate of drug-likeness (QED) is 0.561. The molecule has 5 rings (SSSR count). The van der Waals surface area contributed by atoms with Crippen LogP contribution in [0.25, 0.3) is 22.6 Å². The fourth-order valence-corrected chi connectivity index (χ4v) is 4.59. The molecule has 0 bridgehead atoms. The summed E-state index contributed by atoms with van der Waals surface area (Å²) in [4.78, 5) is 32.5. The predicted molar refractivity (Wildman–Crippen MR) is 124 cm³/mol. The Labute approximate surface area is 192 Å². The Balaban J connectivity index is 1.47. The van der Waals surface area contributed by atoms with Crippen molar-refractivity contribution in [2.45, 2.75) is 32.3 Å². The first-order chi connectivity index (χ1) is 16.1. The Morgan fingerprint density at radius 1 is 1.21 bits per heavy atom. The average molecular weight is 447 g/mol. The molecule has 2 aromatic heterocycles. The van der Waals surface area contributed by atoms with Gasteiger partial charge in [0.15, 0.2) is 6.61 Å². The molecule has 1 atom stereocenters. The number of carbonyl (C=O) groups is 2. The third-order valence-corrected chi connectivity index (χ3v) is 6.15. The number of nitrogens with zero attached hydrogens (tertiary/aromatic N) is 2. The zero-order valence-electron chi connectivity index (χ0n) is 18.6. The van der Waals surface area contributed by atoms with Crippen molar-refractivity contribution >= 4 is 34.4 Å². The number of allylic oxidation sites excluding steroid dienone is 1. The van der Waals surface area contributed by atoms with Crippen LogP contribution in [-0.4, -0.2) is 54.2 Å². The summed E-state index contributed by atoms with van der Waals surface area (Å²) in [5.74, 6) is 0.0603. The van der Waals surface area contributed by atoms with Crippen LogP contribution in [0.2, 0.25) is 0 Å². The number of rotatable bonds is 4. The van der Waals surface area contributed by atoms with Crippen LogP contribution in [0.3, 0.4) is 0 Å². The van der Waals surface area contributed by atoms with E-state index >= 15 is 0 Å². The summed E-state index contributed by atoms with van der Waals surface area (Å²) >= 11 is 0. The molecule has 7 heteroatoms. The van der Waals surface area contributed by atoms with Crippen molar-refractivity contribution in [1.82, 2.24) is 9.88 Å². The molecule has 1 fully saturated rings. The Hall–Kier alpha value is -3.45. The van der Waals surface area contributed by atoms with E-state index in [1.807, 2.05) is 49.4 Å². The number of amides is 1. The maximum Gasteiger partial charge on any atom is 0.339 e. The highest BCUT2D eigenvalue weighted by molar-refractivity contribution is 6.07. The summed E-state index contributed by atoms with van der Waals surface area (Å²) in [7, 11) is 0. The maximum atomic E-state index is 13.3. The molecule has 7 nitrogen and oxygen atoms in total. The zero-order valence-corrected chi connectivity index (χ0v) is 18.6. The van der Waals surface area contributed by atoms with Crippen molar-refractivity contribution in [3.8, 4) is 0 Å². The number of furan rings is 1. The number of morpholine rings is 1. The van der Waals surface area contributed by atoms with Gasteiger partial charge in [-0.05, 0) is 61.6 Å². The average Bonchev–Trinajstić information content (AvgIpc) is 3.34. The highest BCUT2D eigenvalue weighted by Gasteiger charge is 2.28. The third-order valence-electron chi connectivity index (χ3n) is 6.15. The largest absolute Gasteiger partial charge is 0.465 e. The van der Waals surface area contributed by atoms with Gasteiger partial charge in [0.2, 0.25) is 0 Å². The van der Waals surface area contributed by atoms with Gasteiger partial charge in [-0.15, -0.1) is 0 Å². The highest BCUT2D eigenvalue weighted by atomic mass is 16.5. The summed E-state index contributed by atoms with van der Waals surface area (Å²) < 4.78 is 16.5. The predicted octanol–water partition coefficient (Wildman–Crippen LogP) is 4.11. The van der Waals surface area contributed by atoms with Gasteiger partial charge in [-0.3, -0.25) is 4.79 Å². The van der Waals surface area contributed by atoms with Crippen LogP contribution in [0.5, 0.6) is 0 Å². The molecule has 1 saturated heterocycles. The topological polar surface area (TPSA) is 81.9 Å². The van der Waals surface area contributed by atoms with Gasteiger partial charge in [-0.1, -0.05) is 18.2 Å². The molecular formula is C26H26N2O5. The van der Waals surface area contributed by atoms with Crippen molar-refractivity contribution in [1.29, 1.82) is 0 Å². The summed E-state index contributed by atoms with van der Waals surface area (Å²) in [6.45, 7) is 3.15. The molecule has 1 amide bonds. The lowest BCUT2D eigenvalue weighted by Gasteiger charge is -2.31. The minimum absolute atomic E-state index is 0.0195. The highest BCUT2D eigenvalue weighted by Crippen LogP contribution is 2.36. The number of benzene rings is 1. The number of carbonyl (C=O) groups excluding carboxylic acids is 2. The molecule has 1 aliphatic heterocycles. The van der Waals surface area contributed by atoms with Crippen LogP contribution in [-0.2, 0) is 20.7 Å². The third kappa shape index (κ3) is 4.41. The summed E-state index contributed by atoms with van der Waals surface area (Å²) in [5.41, 5.74) is 3.93. The minimum Gasteiger partial charge on any atom is -0.465 e. The Kier molecular flexibility index (Phi) is 5.96. The van der Waals surface area contributed by atoms with Gasteiger partial charge >= 0.3 is 5.97 Å². The monoisotopic (exact) mass is 446 g/mol. The molecule has 1 aromatic carbocycles. The van der Waals surface area contributed by atoms with Gasteiger partial charge in [-0.2, -0.15) is 0 Å². The second kappa shape index (κ2) is 9.19. The fraction of sp³-hybridized carbons (Fsp3) is 0.346. The van der Waals surface area contributed by atoms with Gasteiger partial charge < -0.3 is 18.8 Å². The van der Waals surface area contributed by atoms with Crippen LogP contribution in [0.4, 0.5) is 0 Å². The van der Waals surface area contributed by atoms with Crippen molar-refractivity contribution in [3.63, 3.8) is 0 Å². The summed E-state index contributed by atoms with van der Waals surface area (Å²) in [6.07, 6.45) is 6.07. The van der Waals surface area contributed by atoms with E-state index in [0.29, 0.717) is 25.3 Å². The standard InChI is InChI=1S/C26H26N2O5/c1-17-15-28(11-13-31-17)23(29)16-33-26(30)24-20-8-2-3-10-22(20)27-25-18(6-4-9-21(24)25)14-19-7-5-12-32-19/h2-3,5,7-8,10,12,14,17H,4,6,9,11,13,15-16H2,1H3/b18-14+. The lowest BCUT2D eigenvalue weighted by atomic mass is 9.86. The smallest absolute Gasteiger partial charge is 0.339 e. The lowest BCUT2D eigenvalue weighted by molar-refractivity contribution is -0.141. The van der Waals surface area contributed by atoms with Crippen LogP contribution in [0, 0.1) is 0 Å². The summed E-state index contributed by atoms with van der Waals surface area (Å²) in [5, 5.41) is 0.743. The van der Waals surface area contributed by atoms with E-state index in [2.05, 4.69) is 0 Å². The van der Waals surface area contributed by atoms with Gasteiger partial charge in [0.1, 0.15) is 5.76 Å². The molecule has 1 unspecified atom stereocenters. The molecule has 0 spiro atoms. The number of para-hydroxylation sites is 1. The number of esters is 1. The van der Waals surface area contributed by atoms with Gasteiger partial charge in [-0.25, -0.2) is 9.78 Å². The van der Waals surface area contributed by atoms with Gasteiger partial charge in [0.25, 0.3) is 5.91 Å².